The lowest BCUT2D eigenvalue weighted by atomic mass is 10.1. The molecule has 1 amide bonds. The van der Waals surface area contributed by atoms with Gasteiger partial charge < -0.3 is 10.2 Å². The molecule has 0 aromatic heterocycles. The molecule has 1 aliphatic carbocycles. The molecule has 1 saturated heterocycles. The number of nitrogens with one attached hydrogen (secondary N) is 1. The molecule has 3 rings (SSSR count). The third-order valence-electron chi connectivity index (χ3n) is 4.01. The molecule has 1 unspecified atom stereocenters. The van der Waals surface area contributed by atoms with Crippen molar-refractivity contribution in [3.05, 3.63) is 30.1 Å². The van der Waals surface area contributed by atoms with Crippen LogP contribution in [0.2, 0.25) is 0 Å². The van der Waals surface area contributed by atoms with E-state index in [4.69, 9.17) is 0 Å². The van der Waals surface area contributed by atoms with Crippen LogP contribution in [0.25, 0.3) is 0 Å². The Hall–Kier alpha value is -1.42. The third-order valence-corrected chi connectivity index (χ3v) is 4.01. The van der Waals surface area contributed by atoms with E-state index in [0.29, 0.717) is 12.2 Å². The summed E-state index contributed by atoms with van der Waals surface area (Å²) >= 11 is 0. The predicted molar refractivity (Wildman–Crippen MR) is 67.9 cm³/mol. The van der Waals surface area contributed by atoms with Crippen molar-refractivity contribution in [3.63, 3.8) is 0 Å². The first kappa shape index (κ1) is 11.7. The van der Waals surface area contributed by atoms with Gasteiger partial charge in [-0.25, -0.2) is 4.39 Å². The maximum absolute atomic E-state index is 13.9. The lowest BCUT2D eigenvalue weighted by Crippen LogP contribution is -2.42. The molecular formula is C14H17FN2O. The van der Waals surface area contributed by atoms with Crippen molar-refractivity contribution in [1.82, 2.24) is 5.32 Å². The SMILES string of the molecule is CC1NCC2(CC2)CN(c2ccccc2F)C1=O. The fourth-order valence-electron chi connectivity index (χ4n) is 2.55. The Bertz CT molecular complexity index is 484. The van der Waals surface area contributed by atoms with Gasteiger partial charge in [-0.1, -0.05) is 12.1 Å². The maximum atomic E-state index is 13.9. The lowest BCUT2D eigenvalue weighted by molar-refractivity contribution is -0.119. The summed E-state index contributed by atoms with van der Waals surface area (Å²) in [5, 5.41) is 3.25. The van der Waals surface area contributed by atoms with E-state index >= 15 is 0 Å². The molecule has 0 radical (unpaired) electrons. The van der Waals surface area contributed by atoms with Crippen LogP contribution in [-0.4, -0.2) is 25.0 Å². The molecule has 1 heterocycles. The zero-order chi connectivity index (χ0) is 12.8. The monoisotopic (exact) mass is 248 g/mol. The molecular weight excluding hydrogens is 231 g/mol. The van der Waals surface area contributed by atoms with Crippen molar-refractivity contribution in [3.8, 4) is 0 Å². The van der Waals surface area contributed by atoms with Gasteiger partial charge in [0.05, 0.1) is 11.7 Å². The molecule has 0 bridgehead atoms. The first-order valence-electron chi connectivity index (χ1n) is 6.41. The summed E-state index contributed by atoms with van der Waals surface area (Å²) in [6, 6.07) is 6.26. The van der Waals surface area contributed by atoms with E-state index in [1.807, 2.05) is 6.92 Å². The molecule has 3 nitrogen and oxygen atoms in total. The Balaban J connectivity index is 1.97. The van der Waals surface area contributed by atoms with E-state index in [1.54, 1.807) is 23.1 Å². The minimum absolute atomic E-state index is 0.0381. The molecule has 2 fully saturated rings. The van der Waals surface area contributed by atoms with Crippen molar-refractivity contribution in [2.24, 2.45) is 5.41 Å². The lowest BCUT2D eigenvalue weighted by Gasteiger charge is -2.25. The van der Waals surface area contributed by atoms with Crippen molar-refractivity contribution < 1.29 is 9.18 Å². The molecule has 1 aromatic rings. The molecule has 1 aromatic carbocycles. The van der Waals surface area contributed by atoms with Gasteiger partial charge in [-0.15, -0.1) is 0 Å². The average molecular weight is 248 g/mol. The van der Waals surface area contributed by atoms with Crippen molar-refractivity contribution >= 4 is 11.6 Å². The molecule has 1 spiro atoms. The highest BCUT2D eigenvalue weighted by molar-refractivity contribution is 5.97. The summed E-state index contributed by atoms with van der Waals surface area (Å²) in [6.07, 6.45) is 2.23. The smallest absolute Gasteiger partial charge is 0.243 e. The van der Waals surface area contributed by atoms with Crippen LogP contribution >= 0.6 is 0 Å². The van der Waals surface area contributed by atoms with Gasteiger partial charge in [-0.05, 0) is 31.9 Å². The molecule has 18 heavy (non-hydrogen) atoms. The fourth-order valence-corrected chi connectivity index (χ4v) is 2.55. The number of carbonyl (C=O) groups is 1. The quantitative estimate of drug-likeness (QED) is 0.823. The van der Waals surface area contributed by atoms with Crippen molar-refractivity contribution in [2.45, 2.75) is 25.8 Å². The fraction of sp³-hybridized carbons (Fsp3) is 0.500. The van der Waals surface area contributed by atoms with Crippen LogP contribution in [0.3, 0.4) is 0 Å². The number of carbonyl (C=O) groups excluding carboxylic acids is 1. The van der Waals surface area contributed by atoms with E-state index in [2.05, 4.69) is 5.32 Å². The molecule has 2 aliphatic rings. The number of nitrogens with zero attached hydrogens (tertiary/aromatic N) is 1. The summed E-state index contributed by atoms with van der Waals surface area (Å²) in [5.41, 5.74) is 0.576. The third kappa shape index (κ3) is 1.90. The zero-order valence-electron chi connectivity index (χ0n) is 10.4. The average Bonchev–Trinajstić information content (AvgIpc) is 3.14. The molecule has 4 heteroatoms. The second kappa shape index (κ2) is 4.05. The Morgan fingerprint density at radius 3 is 2.78 bits per heavy atom. The van der Waals surface area contributed by atoms with Gasteiger partial charge in [-0.2, -0.15) is 0 Å². The van der Waals surface area contributed by atoms with Crippen molar-refractivity contribution in [1.29, 1.82) is 0 Å². The van der Waals surface area contributed by atoms with E-state index in [0.717, 1.165) is 19.4 Å². The van der Waals surface area contributed by atoms with Gasteiger partial charge in [0, 0.05) is 18.5 Å². The molecule has 1 N–H and O–H groups in total. The summed E-state index contributed by atoms with van der Waals surface area (Å²) in [5.74, 6) is -0.361. The number of amides is 1. The second-order valence-corrected chi connectivity index (χ2v) is 5.48. The van der Waals surface area contributed by atoms with Crippen LogP contribution in [0.4, 0.5) is 10.1 Å². The van der Waals surface area contributed by atoms with Crippen LogP contribution < -0.4 is 10.2 Å². The Kier molecular flexibility index (Phi) is 2.63. The van der Waals surface area contributed by atoms with E-state index < -0.39 is 0 Å². The number of hydrogen-bond donors (Lipinski definition) is 1. The van der Waals surface area contributed by atoms with Crippen LogP contribution in [0, 0.1) is 11.2 Å². The van der Waals surface area contributed by atoms with Crippen LogP contribution in [0.5, 0.6) is 0 Å². The summed E-state index contributed by atoms with van der Waals surface area (Å²) in [6.45, 7) is 3.33. The minimum Gasteiger partial charge on any atom is -0.308 e. The predicted octanol–water partition coefficient (Wildman–Crippen LogP) is 1.93. The van der Waals surface area contributed by atoms with Gasteiger partial charge >= 0.3 is 0 Å². The maximum Gasteiger partial charge on any atom is 0.243 e. The first-order valence-corrected chi connectivity index (χ1v) is 6.41. The van der Waals surface area contributed by atoms with Crippen molar-refractivity contribution in [2.75, 3.05) is 18.0 Å². The van der Waals surface area contributed by atoms with E-state index in [-0.39, 0.29) is 23.2 Å². The van der Waals surface area contributed by atoms with Crippen LogP contribution in [0.1, 0.15) is 19.8 Å². The Labute approximate surface area is 106 Å². The highest BCUT2D eigenvalue weighted by atomic mass is 19.1. The number of hydrogen-bond acceptors (Lipinski definition) is 2. The summed E-state index contributed by atoms with van der Waals surface area (Å²) in [7, 11) is 0. The highest BCUT2D eigenvalue weighted by Gasteiger charge is 2.47. The zero-order valence-corrected chi connectivity index (χ0v) is 10.4. The first-order chi connectivity index (χ1) is 8.61. The highest BCUT2D eigenvalue weighted by Crippen LogP contribution is 2.47. The van der Waals surface area contributed by atoms with Gasteiger partial charge in [0.15, 0.2) is 0 Å². The van der Waals surface area contributed by atoms with E-state index in [9.17, 15) is 9.18 Å². The number of halogens is 1. The molecule has 1 saturated carbocycles. The number of benzene rings is 1. The molecule has 1 aliphatic heterocycles. The van der Waals surface area contributed by atoms with Crippen LogP contribution in [-0.2, 0) is 4.79 Å². The molecule has 1 atom stereocenters. The van der Waals surface area contributed by atoms with Gasteiger partial charge in [0.25, 0.3) is 0 Å². The second-order valence-electron chi connectivity index (χ2n) is 5.48. The Morgan fingerprint density at radius 2 is 2.11 bits per heavy atom. The topological polar surface area (TPSA) is 32.3 Å². The van der Waals surface area contributed by atoms with Gasteiger partial charge in [-0.3, -0.25) is 4.79 Å². The van der Waals surface area contributed by atoms with Gasteiger partial charge in [0.1, 0.15) is 5.82 Å². The largest absolute Gasteiger partial charge is 0.308 e. The molecule has 96 valence electrons. The minimum atomic E-state index is -0.323. The standard InChI is InChI=1S/C14H17FN2O/c1-10-13(18)17(9-14(6-7-14)8-16-10)12-5-3-2-4-11(12)15/h2-5,10,16H,6-9H2,1H3. The number of para-hydroxylation sites is 1. The van der Waals surface area contributed by atoms with Crippen LogP contribution in [0.15, 0.2) is 24.3 Å². The van der Waals surface area contributed by atoms with E-state index in [1.165, 1.54) is 6.07 Å². The van der Waals surface area contributed by atoms with Gasteiger partial charge in [0.2, 0.25) is 5.91 Å². The number of rotatable bonds is 1. The summed E-state index contributed by atoms with van der Waals surface area (Å²) in [4.78, 5) is 13.9. The summed E-state index contributed by atoms with van der Waals surface area (Å²) < 4.78 is 13.9. The normalized spacial score (nSPS) is 26.2. The number of anilines is 1. The Morgan fingerprint density at radius 1 is 1.39 bits per heavy atom.